The highest BCUT2D eigenvalue weighted by molar-refractivity contribution is 6.47. The summed E-state index contributed by atoms with van der Waals surface area (Å²) in [5.74, 6) is -1.07. The summed E-state index contributed by atoms with van der Waals surface area (Å²) in [5.41, 5.74) is 1.02. The lowest BCUT2D eigenvalue weighted by Crippen LogP contribution is -2.40. The minimum Gasteiger partial charge on any atom is -0.507 e. The fraction of sp³-hybridized carbons (Fsp3) is 0.360. The number of hydrogen-bond acceptors (Lipinski definition) is 4. The molecule has 0 aromatic heterocycles. The van der Waals surface area contributed by atoms with Gasteiger partial charge >= 0.3 is 0 Å². The number of carbonyl (C=O) groups excluding carboxylic acids is 2. The molecular weight excluding hydrogens is 449 g/mol. The second-order valence-corrected chi connectivity index (χ2v) is 8.97. The smallest absolute Gasteiger partial charge is 0.295 e. The SMILES string of the molecule is CCOc1ccc(Cl)c(/C(O)=C2\C(=O)C(=O)N(C3CCCCC3)C2c2ccc(Cl)cc2)c1. The summed E-state index contributed by atoms with van der Waals surface area (Å²) in [5, 5.41) is 12.1. The minimum atomic E-state index is -0.706. The first-order chi connectivity index (χ1) is 15.4. The van der Waals surface area contributed by atoms with E-state index in [1.165, 1.54) is 0 Å². The van der Waals surface area contributed by atoms with E-state index in [1.54, 1.807) is 47.4 Å². The average molecular weight is 474 g/mol. The standard InChI is InChI=1S/C25H25Cl2NO4/c1-2-32-18-12-13-20(27)19(14-18)23(29)21-22(15-8-10-16(26)11-9-15)28(25(31)24(21)30)17-6-4-3-5-7-17/h8-14,17,22,29H,2-7H2,1H3/b23-21+. The lowest BCUT2D eigenvalue weighted by Gasteiger charge is -2.35. The Balaban J connectivity index is 1.88. The quantitative estimate of drug-likeness (QED) is 0.321. The van der Waals surface area contributed by atoms with Crippen LogP contribution in [0.5, 0.6) is 5.75 Å². The van der Waals surface area contributed by atoms with Crippen LogP contribution in [0.15, 0.2) is 48.0 Å². The third-order valence-corrected chi connectivity index (χ3v) is 6.72. The van der Waals surface area contributed by atoms with E-state index in [0.717, 1.165) is 37.7 Å². The predicted octanol–water partition coefficient (Wildman–Crippen LogP) is 6.15. The summed E-state index contributed by atoms with van der Waals surface area (Å²) in [6.45, 7) is 2.29. The van der Waals surface area contributed by atoms with Crippen LogP contribution in [0.2, 0.25) is 10.0 Å². The topological polar surface area (TPSA) is 66.8 Å². The second-order valence-electron chi connectivity index (χ2n) is 8.12. The Morgan fingerprint density at radius 1 is 1.06 bits per heavy atom. The molecule has 1 aliphatic carbocycles. The summed E-state index contributed by atoms with van der Waals surface area (Å²) in [6.07, 6.45) is 4.79. The molecule has 2 aromatic carbocycles. The fourth-order valence-corrected chi connectivity index (χ4v) is 4.98. The maximum Gasteiger partial charge on any atom is 0.295 e. The zero-order chi connectivity index (χ0) is 22.8. The van der Waals surface area contributed by atoms with Crippen molar-refractivity contribution in [2.75, 3.05) is 6.61 Å². The number of aliphatic hydroxyl groups excluding tert-OH is 1. The molecule has 0 spiro atoms. The van der Waals surface area contributed by atoms with Crippen molar-refractivity contribution in [1.82, 2.24) is 4.90 Å². The van der Waals surface area contributed by atoms with Crippen LogP contribution in [-0.2, 0) is 9.59 Å². The van der Waals surface area contributed by atoms with E-state index < -0.39 is 17.7 Å². The zero-order valence-corrected chi connectivity index (χ0v) is 19.3. The zero-order valence-electron chi connectivity index (χ0n) is 17.8. The van der Waals surface area contributed by atoms with Crippen molar-refractivity contribution in [3.63, 3.8) is 0 Å². The molecule has 7 heteroatoms. The molecule has 2 aromatic rings. The van der Waals surface area contributed by atoms with Crippen molar-refractivity contribution in [1.29, 1.82) is 0 Å². The Kier molecular flexibility index (Phi) is 6.77. The van der Waals surface area contributed by atoms with E-state index in [1.807, 2.05) is 6.92 Å². The molecule has 1 N–H and O–H groups in total. The van der Waals surface area contributed by atoms with Crippen LogP contribution in [0.1, 0.15) is 56.2 Å². The molecule has 2 aliphatic rings. The Hall–Kier alpha value is -2.50. The van der Waals surface area contributed by atoms with Gasteiger partial charge in [-0.2, -0.15) is 0 Å². The molecule has 1 saturated heterocycles. The molecule has 1 saturated carbocycles. The van der Waals surface area contributed by atoms with Crippen molar-refractivity contribution < 1.29 is 19.4 Å². The first-order valence-corrected chi connectivity index (χ1v) is 11.7. The number of likely N-dealkylation sites (tertiary alicyclic amines) is 1. The first kappa shape index (κ1) is 22.7. The van der Waals surface area contributed by atoms with Crippen LogP contribution in [-0.4, -0.2) is 34.3 Å². The van der Waals surface area contributed by atoms with Gasteiger partial charge in [-0.05, 0) is 55.7 Å². The van der Waals surface area contributed by atoms with Gasteiger partial charge in [-0.25, -0.2) is 0 Å². The number of aliphatic hydroxyl groups is 1. The Bertz CT molecular complexity index is 1060. The number of carbonyl (C=O) groups is 2. The number of rotatable bonds is 5. The molecule has 1 heterocycles. The van der Waals surface area contributed by atoms with E-state index in [-0.39, 0.29) is 28.0 Å². The number of amides is 1. The van der Waals surface area contributed by atoms with Gasteiger partial charge in [0.25, 0.3) is 11.7 Å². The number of benzene rings is 2. The molecule has 32 heavy (non-hydrogen) atoms. The number of ketones is 1. The van der Waals surface area contributed by atoms with Gasteiger partial charge in [0.05, 0.1) is 23.2 Å². The monoisotopic (exact) mass is 473 g/mol. The summed E-state index contributed by atoms with van der Waals surface area (Å²) < 4.78 is 5.53. The van der Waals surface area contributed by atoms with E-state index >= 15 is 0 Å². The normalized spacial score (nSPS) is 21.2. The summed E-state index contributed by atoms with van der Waals surface area (Å²) in [7, 11) is 0. The van der Waals surface area contributed by atoms with Crippen molar-refractivity contribution in [3.8, 4) is 5.75 Å². The maximum atomic E-state index is 13.2. The van der Waals surface area contributed by atoms with Crippen molar-refractivity contribution in [2.45, 2.75) is 51.1 Å². The highest BCUT2D eigenvalue weighted by Gasteiger charge is 2.49. The molecule has 1 aliphatic heterocycles. The maximum absolute atomic E-state index is 13.2. The molecule has 168 valence electrons. The van der Waals surface area contributed by atoms with Crippen LogP contribution in [0, 0.1) is 0 Å². The average Bonchev–Trinajstić information content (AvgIpc) is 3.06. The van der Waals surface area contributed by atoms with E-state index in [4.69, 9.17) is 27.9 Å². The molecular formula is C25H25Cl2NO4. The molecule has 4 rings (SSSR count). The number of hydrogen-bond donors (Lipinski definition) is 1. The van der Waals surface area contributed by atoms with Gasteiger partial charge in [0.15, 0.2) is 0 Å². The Labute approximate surface area is 197 Å². The van der Waals surface area contributed by atoms with Gasteiger partial charge in [0, 0.05) is 16.6 Å². The van der Waals surface area contributed by atoms with Crippen molar-refractivity contribution in [3.05, 3.63) is 69.2 Å². The number of Topliss-reactive ketones (excluding diaryl/α,β-unsaturated/α-hetero) is 1. The van der Waals surface area contributed by atoms with Crippen LogP contribution in [0.4, 0.5) is 0 Å². The van der Waals surface area contributed by atoms with E-state index in [2.05, 4.69) is 0 Å². The third-order valence-electron chi connectivity index (χ3n) is 6.14. The van der Waals surface area contributed by atoms with Crippen LogP contribution in [0.25, 0.3) is 5.76 Å². The second kappa shape index (κ2) is 9.55. The largest absolute Gasteiger partial charge is 0.507 e. The highest BCUT2D eigenvalue weighted by atomic mass is 35.5. The Morgan fingerprint density at radius 2 is 1.75 bits per heavy atom. The highest BCUT2D eigenvalue weighted by Crippen LogP contribution is 2.44. The van der Waals surface area contributed by atoms with Gasteiger partial charge in [0.1, 0.15) is 11.5 Å². The third kappa shape index (κ3) is 4.24. The molecule has 1 amide bonds. The lowest BCUT2D eigenvalue weighted by molar-refractivity contribution is -0.141. The van der Waals surface area contributed by atoms with Gasteiger partial charge in [0.2, 0.25) is 0 Å². The van der Waals surface area contributed by atoms with Crippen molar-refractivity contribution >= 4 is 40.7 Å². The van der Waals surface area contributed by atoms with Gasteiger partial charge in [-0.1, -0.05) is 54.6 Å². The lowest BCUT2D eigenvalue weighted by atomic mass is 9.91. The Morgan fingerprint density at radius 3 is 2.41 bits per heavy atom. The van der Waals surface area contributed by atoms with Crippen LogP contribution >= 0.6 is 23.2 Å². The van der Waals surface area contributed by atoms with Crippen molar-refractivity contribution in [2.24, 2.45) is 0 Å². The molecule has 1 atom stereocenters. The number of halogens is 2. The van der Waals surface area contributed by atoms with Crippen LogP contribution in [0.3, 0.4) is 0 Å². The van der Waals surface area contributed by atoms with E-state index in [9.17, 15) is 14.7 Å². The van der Waals surface area contributed by atoms with Gasteiger partial charge in [-0.15, -0.1) is 0 Å². The fourth-order valence-electron chi connectivity index (χ4n) is 4.65. The molecule has 5 nitrogen and oxygen atoms in total. The summed E-state index contributed by atoms with van der Waals surface area (Å²) in [4.78, 5) is 28.1. The first-order valence-electron chi connectivity index (χ1n) is 10.9. The van der Waals surface area contributed by atoms with Gasteiger partial charge < -0.3 is 14.7 Å². The molecule has 0 radical (unpaired) electrons. The summed E-state index contributed by atoms with van der Waals surface area (Å²) in [6, 6.07) is 11.2. The van der Waals surface area contributed by atoms with Gasteiger partial charge in [-0.3, -0.25) is 9.59 Å². The van der Waals surface area contributed by atoms with E-state index in [0.29, 0.717) is 17.4 Å². The van der Waals surface area contributed by atoms with Crippen LogP contribution < -0.4 is 4.74 Å². The predicted molar refractivity (Wildman–Crippen MR) is 125 cm³/mol. The molecule has 0 bridgehead atoms. The minimum absolute atomic E-state index is 0.0402. The molecule has 1 unspecified atom stereocenters. The number of nitrogens with zero attached hydrogens (tertiary/aromatic N) is 1. The molecule has 2 fully saturated rings. The summed E-state index contributed by atoms with van der Waals surface area (Å²) >= 11 is 12.5. The number of ether oxygens (including phenoxy) is 1.